The summed E-state index contributed by atoms with van der Waals surface area (Å²) in [4.78, 5) is 16.3. The number of carbonyl (C=O) groups excluding carboxylic acids is 1. The van der Waals surface area contributed by atoms with Gasteiger partial charge in [-0.2, -0.15) is 13.2 Å². The standard InChI is InChI=1S/C18H16F3N3O2S/c1-10-14(11(2)26-24-10)6-7-16(25)23-17-22-15(9-27-17)12-4-3-5-13(8-12)18(19,20)21/h3-5,8-9H,6-7H2,1-2H3,(H,22,23,25). The van der Waals surface area contributed by atoms with Gasteiger partial charge >= 0.3 is 6.18 Å². The summed E-state index contributed by atoms with van der Waals surface area (Å²) in [6.45, 7) is 3.60. The normalized spacial score (nSPS) is 11.6. The molecule has 1 N–H and O–H groups in total. The molecule has 0 aliphatic rings. The van der Waals surface area contributed by atoms with E-state index in [1.165, 1.54) is 6.07 Å². The summed E-state index contributed by atoms with van der Waals surface area (Å²) in [6.07, 6.45) is -3.71. The highest BCUT2D eigenvalue weighted by Crippen LogP contribution is 2.33. The van der Waals surface area contributed by atoms with Crippen molar-refractivity contribution in [3.05, 3.63) is 52.2 Å². The molecule has 0 atom stereocenters. The molecule has 0 spiro atoms. The van der Waals surface area contributed by atoms with Crippen molar-refractivity contribution in [2.75, 3.05) is 5.32 Å². The van der Waals surface area contributed by atoms with Gasteiger partial charge < -0.3 is 9.84 Å². The smallest absolute Gasteiger partial charge is 0.361 e. The Labute approximate surface area is 157 Å². The molecule has 0 saturated carbocycles. The minimum absolute atomic E-state index is 0.224. The Morgan fingerprint density at radius 2 is 2.07 bits per heavy atom. The lowest BCUT2D eigenvalue weighted by atomic mass is 10.1. The van der Waals surface area contributed by atoms with Crippen LogP contribution in [0.5, 0.6) is 0 Å². The van der Waals surface area contributed by atoms with Gasteiger partial charge in [0.1, 0.15) is 5.76 Å². The number of alkyl halides is 3. The van der Waals surface area contributed by atoms with Crippen LogP contribution < -0.4 is 5.32 Å². The van der Waals surface area contributed by atoms with Crippen molar-refractivity contribution < 1.29 is 22.5 Å². The summed E-state index contributed by atoms with van der Waals surface area (Å²) in [5.41, 5.74) is 1.64. The van der Waals surface area contributed by atoms with Crippen LogP contribution >= 0.6 is 11.3 Å². The predicted octanol–water partition coefficient (Wildman–Crippen LogP) is 5.01. The van der Waals surface area contributed by atoms with Crippen molar-refractivity contribution in [3.63, 3.8) is 0 Å². The number of anilines is 1. The second-order valence-corrected chi connectivity index (χ2v) is 6.83. The van der Waals surface area contributed by atoms with Crippen LogP contribution in [-0.2, 0) is 17.4 Å². The number of thiazole rings is 1. The summed E-state index contributed by atoms with van der Waals surface area (Å²) in [5.74, 6) is 0.446. The molecule has 0 bridgehead atoms. The van der Waals surface area contributed by atoms with Crippen LogP contribution in [0.25, 0.3) is 11.3 Å². The second kappa shape index (κ2) is 7.51. The lowest BCUT2D eigenvalue weighted by Crippen LogP contribution is -2.12. The highest BCUT2D eigenvalue weighted by atomic mass is 32.1. The zero-order valence-electron chi connectivity index (χ0n) is 14.6. The first kappa shape index (κ1) is 19.1. The molecule has 3 rings (SSSR count). The molecule has 27 heavy (non-hydrogen) atoms. The molecule has 1 aromatic carbocycles. The quantitative estimate of drug-likeness (QED) is 0.660. The molecule has 0 aliphatic heterocycles. The van der Waals surface area contributed by atoms with Crippen LogP contribution in [0.2, 0.25) is 0 Å². The van der Waals surface area contributed by atoms with E-state index >= 15 is 0 Å². The molecule has 0 saturated heterocycles. The fourth-order valence-corrected chi connectivity index (χ4v) is 3.33. The number of hydrogen-bond donors (Lipinski definition) is 1. The zero-order valence-corrected chi connectivity index (χ0v) is 15.4. The van der Waals surface area contributed by atoms with Crippen LogP contribution in [0.15, 0.2) is 34.2 Å². The van der Waals surface area contributed by atoms with Crippen molar-refractivity contribution in [2.45, 2.75) is 32.9 Å². The molecule has 3 aromatic rings. The average molecular weight is 395 g/mol. The minimum atomic E-state index is -4.42. The minimum Gasteiger partial charge on any atom is -0.361 e. The van der Waals surface area contributed by atoms with Crippen LogP contribution in [0.4, 0.5) is 18.3 Å². The zero-order chi connectivity index (χ0) is 19.6. The summed E-state index contributed by atoms with van der Waals surface area (Å²) in [6, 6.07) is 4.93. The topological polar surface area (TPSA) is 68.0 Å². The van der Waals surface area contributed by atoms with Crippen LogP contribution in [0, 0.1) is 13.8 Å². The molecule has 0 aliphatic carbocycles. The second-order valence-electron chi connectivity index (χ2n) is 5.97. The monoisotopic (exact) mass is 395 g/mol. The highest BCUT2D eigenvalue weighted by molar-refractivity contribution is 7.14. The third kappa shape index (κ3) is 4.54. The fourth-order valence-electron chi connectivity index (χ4n) is 2.60. The molecule has 0 fully saturated rings. The van der Waals surface area contributed by atoms with Gasteiger partial charge in [-0.25, -0.2) is 4.98 Å². The highest BCUT2D eigenvalue weighted by Gasteiger charge is 2.30. The Balaban J connectivity index is 1.65. The molecule has 5 nitrogen and oxygen atoms in total. The molecule has 0 unspecified atom stereocenters. The third-order valence-corrected chi connectivity index (χ3v) is 4.78. The molecule has 0 radical (unpaired) electrons. The molecule has 2 heterocycles. The Bertz CT molecular complexity index is 943. The average Bonchev–Trinajstić information content (AvgIpc) is 3.20. The van der Waals surface area contributed by atoms with E-state index in [-0.39, 0.29) is 12.3 Å². The van der Waals surface area contributed by atoms with Crippen LogP contribution in [0.1, 0.15) is 29.0 Å². The van der Waals surface area contributed by atoms with Gasteiger partial charge in [0.15, 0.2) is 5.13 Å². The van der Waals surface area contributed by atoms with Gasteiger partial charge in [0.2, 0.25) is 5.91 Å². The first-order chi connectivity index (χ1) is 12.7. The number of benzene rings is 1. The summed E-state index contributed by atoms with van der Waals surface area (Å²) in [5, 5.41) is 8.47. The van der Waals surface area contributed by atoms with E-state index in [9.17, 15) is 18.0 Å². The number of amides is 1. The van der Waals surface area contributed by atoms with Gasteiger partial charge in [-0.05, 0) is 32.4 Å². The van der Waals surface area contributed by atoms with E-state index in [1.807, 2.05) is 6.92 Å². The lowest BCUT2D eigenvalue weighted by molar-refractivity contribution is -0.137. The van der Waals surface area contributed by atoms with E-state index < -0.39 is 11.7 Å². The van der Waals surface area contributed by atoms with Gasteiger partial charge in [0.05, 0.1) is 17.0 Å². The third-order valence-electron chi connectivity index (χ3n) is 4.02. The number of rotatable bonds is 5. The van der Waals surface area contributed by atoms with Gasteiger partial charge in [-0.15, -0.1) is 11.3 Å². The van der Waals surface area contributed by atoms with Crippen LogP contribution in [0.3, 0.4) is 0 Å². The largest absolute Gasteiger partial charge is 0.416 e. The Hall–Kier alpha value is -2.68. The Morgan fingerprint density at radius 3 is 2.74 bits per heavy atom. The summed E-state index contributed by atoms with van der Waals surface area (Å²) >= 11 is 1.16. The van der Waals surface area contributed by atoms with Gasteiger partial charge in [0, 0.05) is 22.9 Å². The maximum Gasteiger partial charge on any atom is 0.416 e. The van der Waals surface area contributed by atoms with Crippen molar-refractivity contribution in [2.24, 2.45) is 0 Å². The van der Waals surface area contributed by atoms with E-state index in [0.29, 0.717) is 28.6 Å². The molecular formula is C18H16F3N3O2S. The maximum absolute atomic E-state index is 12.8. The molecular weight excluding hydrogens is 379 g/mol. The number of carbonyl (C=O) groups is 1. The number of aryl methyl sites for hydroxylation is 2. The van der Waals surface area contributed by atoms with Crippen molar-refractivity contribution in [1.82, 2.24) is 10.1 Å². The maximum atomic E-state index is 12.8. The number of nitrogens with one attached hydrogen (secondary N) is 1. The first-order valence-electron chi connectivity index (χ1n) is 8.09. The Morgan fingerprint density at radius 1 is 1.30 bits per heavy atom. The molecule has 142 valence electrons. The number of nitrogens with zero attached hydrogens (tertiary/aromatic N) is 2. The van der Waals surface area contributed by atoms with E-state index in [0.717, 1.165) is 34.7 Å². The number of halogens is 3. The SMILES string of the molecule is Cc1noc(C)c1CCC(=O)Nc1nc(-c2cccc(C(F)(F)F)c2)cs1. The van der Waals surface area contributed by atoms with Gasteiger partial charge in [-0.1, -0.05) is 17.3 Å². The lowest BCUT2D eigenvalue weighted by Gasteiger charge is -2.07. The van der Waals surface area contributed by atoms with Crippen LogP contribution in [-0.4, -0.2) is 16.0 Å². The van der Waals surface area contributed by atoms with Crippen molar-refractivity contribution in [1.29, 1.82) is 0 Å². The molecule has 9 heteroatoms. The van der Waals surface area contributed by atoms with Crippen molar-refractivity contribution >= 4 is 22.4 Å². The Kier molecular flexibility index (Phi) is 5.31. The van der Waals surface area contributed by atoms with Crippen molar-refractivity contribution in [3.8, 4) is 11.3 Å². The molecule has 2 aromatic heterocycles. The van der Waals surface area contributed by atoms with E-state index in [1.54, 1.807) is 18.4 Å². The summed E-state index contributed by atoms with van der Waals surface area (Å²) < 4.78 is 43.6. The van der Waals surface area contributed by atoms with Gasteiger partial charge in [-0.3, -0.25) is 4.79 Å². The van der Waals surface area contributed by atoms with Gasteiger partial charge in [0.25, 0.3) is 0 Å². The fraction of sp³-hybridized carbons (Fsp3) is 0.278. The van der Waals surface area contributed by atoms with E-state index in [4.69, 9.17) is 4.52 Å². The predicted molar refractivity (Wildman–Crippen MR) is 95.5 cm³/mol. The number of aromatic nitrogens is 2. The summed E-state index contributed by atoms with van der Waals surface area (Å²) in [7, 11) is 0. The number of hydrogen-bond acceptors (Lipinski definition) is 5. The van der Waals surface area contributed by atoms with E-state index in [2.05, 4.69) is 15.5 Å². The molecule has 1 amide bonds. The first-order valence-corrected chi connectivity index (χ1v) is 8.97.